The van der Waals surface area contributed by atoms with Crippen molar-refractivity contribution < 1.29 is 45.3 Å². The fraction of sp³-hybridized carbons (Fsp3) is 0.654. The van der Waals surface area contributed by atoms with Crippen molar-refractivity contribution in [3.05, 3.63) is 21.9 Å². The van der Waals surface area contributed by atoms with Gasteiger partial charge < -0.3 is 19.1 Å². The molecule has 0 aliphatic carbocycles. The Bertz CT molecular complexity index is 1340. The van der Waals surface area contributed by atoms with Gasteiger partial charge in [0.15, 0.2) is 18.1 Å². The molecule has 3 aliphatic rings. The zero-order valence-corrected chi connectivity index (χ0v) is 24.1. The van der Waals surface area contributed by atoms with Crippen LogP contribution in [0.15, 0.2) is 10.5 Å². The van der Waals surface area contributed by atoms with E-state index in [2.05, 4.69) is 25.9 Å². The zero-order chi connectivity index (χ0) is 29.9. The summed E-state index contributed by atoms with van der Waals surface area (Å²) >= 11 is 2.66. The summed E-state index contributed by atoms with van der Waals surface area (Å²) in [6.07, 6.45) is -8.15. The van der Waals surface area contributed by atoms with E-state index in [9.17, 15) is 22.4 Å². The molecule has 15 heteroatoms. The third-order valence-electron chi connectivity index (χ3n) is 7.47. The molecule has 1 amide bonds. The highest BCUT2D eigenvalue weighted by molar-refractivity contribution is 9.10. The smallest absolute Gasteiger partial charge is 0.417 e. The predicted molar refractivity (Wildman–Crippen MR) is 138 cm³/mol. The topological polar surface area (TPSA) is 77.0 Å². The van der Waals surface area contributed by atoms with Crippen LogP contribution in [0.4, 0.5) is 31.1 Å². The van der Waals surface area contributed by atoms with Crippen LogP contribution in [0.2, 0.25) is 0 Å². The first-order chi connectivity index (χ1) is 19.1. The van der Waals surface area contributed by atoms with Gasteiger partial charge in [0.05, 0.1) is 34.1 Å². The molecule has 1 aromatic carbocycles. The summed E-state index contributed by atoms with van der Waals surface area (Å²) in [5.74, 6) is -1.88. The summed E-state index contributed by atoms with van der Waals surface area (Å²) in [6.45, 7) is 5.16. The van der Waals surface area contributed by atoms with Gasteiger partial charge in [0, 0.05) is 13.0 Å². The van der Waals surface area contributed by atoms with Crippen LogP contribution >= 0.6 is 15.9 Å². The maximum Gasteiger partial charge on any atom is 0.417 e. The van der Waals surface area contributed by atoms with Crippen molar-refractivity contribution in [1.82, 2.24) is 19.8 Å². The molecule has 8 nitrogen and oxygen atoms in total. The van der Waals surface area contributed by atoms with Crippen LogP contribution in [0.5, 0.6) is 11.9 Å². The second kappa shape index (κ2) is 10.6. The van der Waals surface area contributed by atoms with E-state index < -0.39 is 80.5 Å². The third kappa shape index (κ3) is 6.02. The number of ether oxygens (including phenoxy) is 3. The van der Waals surface area contributed by atoms with Crippen molar-refractivity contribution in [3.63, 3.8) is 0 Å². The Hall–Kier alpha value is -2.55. The van der Waals surface area contributed by atoms with Gasteiger partial charge in [0.1, 0.15) is 23.9 Å². The summed E-state index contributed by atoms with van der Waals surface area (Å²) < 4.78 is 102. The largest absolute Gasteiger partial charge is 0.469 e. The van der Waals surface area contributed by atoms with Crippen LogP contribution in [0, 0.1) is 5.82 Å². The van der Waals surface area contributed by atoms with Crippen LogP contribution in [0.1, 0.15) is 45.6 Å². The van der Waals surface area contributed by atoms with Crippen molar-refractivity contribution >= 4 is 32.9 Å². The highest BCUT2D eigenvalue weighted by atomic mass is 79.9. The van der Waals surface area contributed by atoms with E-state index in [0.29, 0.717) is 19.0 Å². The Morgan fingerprint density at radius 1 is 1.17 bits per heavy atom. The molecule has 0 unspecified atom stereocenters. The first kappa shape index (κ1) is 29.9. The Kier molecular flexibility index (Phi) is 7.75. The summed E-state index contributed by atoms with van der Waals surface area (Å²) in [4.78, 5) is 23.6. The lowest BCUT2D eigenvalue weighted by Crippen LogP contribution is -2.43. The Morgan fingerprint density at radius 3 is 2.59 bits per heavy atom. The number of nitrogens with zero attached hydrogens (tertiary/aromatic N) is 4. The van der Waals surface area contributed by atoms with E-state index >= 15 is 8.78 Å². The van der Waals surface area contributed by atoms with Crippen molar-refractivity contribution in [2.75, 3.05) is 32.8 Å². The Labute approximate surface area is 240 Å². The molecule has 226 valence electrons. The molecule has 4 heterocycles. The summed E-state index contributed by atoms with van der Waals surface area (Å²) in [6, 6.07) is 0.191. The molecule has 3 aliphatic heterocycles. The maximum atomic E-state index is 15.3. The number of aromatic nitrogens is 2. The molecule has 2 aromatic rings. The molecule has 0 N–H and O–H groups in total. The lowest BCUT2D eigenvalue weighted by atomic mass is 9.95. The summed E-state index contributed by atoms with van der Waals surface area (Å²) in [5.41, 5.74) is -3.34. The van der Waals surface area contributed by atoms with E-state index in [1.54, 1.807) is 20.8 Å². The number of alkyl halides is 5. The summed E-state index contributed by atoms with van der Waals surface area (Å²) in [5, 5.41) is -0.460. The number of amides is 1. The van der Waals surface area contributed by atoms with Gasteiger partial charge in [-0.05, 0) is 62.2 Å². The second-order valence-electron chi connectivity index (χ2n) is 11.7. The number of hydrogen-bond acceptors (Lipinski definition) is 7. The molecule has 0 spiro atoms. The number of carbonyl (C=O) groups excluding carboxylic acids is 1. The Balaban J connectivity index is 1.48. The van der Waals surface area contributed by atoms with E-state index in [4.69, 9.17) is 14.2 Å². The van der Waals surface area contributed by atoms with Gasteiger partial charge in [-0.3, -0.25) is 4.90 Å². The SMILES string of the molecule is CC(C)(C)OC(=O)N1C[C@H](Oc2nc(OC[C@@]34CCCN3C[C@H](F)C4)nc3c(F)c(Br)c(C(F)(F)F)cc23)[C@@H](F)C1. The van der Waals surface area contributed by atoms with Gasteiger partial charge in [0.2, 0.25) is 5.88 Å². The van der Waals surface area contributed by atoms with Crippen LogP contribution in [-0.4, -0.2) is 88.2 Å². The molecular formula is C26H29BrF6N4O4. The monoisotopic (exact) mass is 654 g/mol. The normalized spacial score (nSPS) is 27.0. The van der Waals surface area contributed by atoms with Crippen molar-refractivity contribution in [2.45, 2.75) is 75.8 Å². The van der Waals surface area contributed by atoms with Crippen molar-refractivity contribution in [2.24, 2.45) is 0 Å². The summed E-state index contributed by atoms with van der Waals surface area (Å²) in [7, 11) is 0. The number of benzene rings is 1. The lowest BCUT2D eigenvalue weighted by Gasteiger charge is -2.30. The van der Waals surface area contributed by atoms with Gasteiger partial charge >= 0.3 is 18.3 Å². The first-order valence-corrected chi connectivity index (χ1v) is 13.9. The highest BCUT2D eigenvalue weighted by Crippen LogP contribution is 2.43. The molecule has 0 saturated carbocycles. The standard InChI is InChI=1S/C26H29BrF6N4O4/c1-24(2,3)41-23(38)36-10-16(29)17(11-36)40-21-14-7-15(26(31,32)33)18(27)19(30)20(14)34-22(35-21)39-12-25-5-4-6-37(25)9-13(28)8-25/h7,13,16-17H,4-6,8-12H2,1-3H3/t13-,16+,17+,25+/m1/s1. The number of likely N-dealkylation sites (tertiary alicyclic amines) is 1. The van der Waals surface area contributed by atoms with E-state index in [1.807, 2.05) is 4.90 Å². The van der Waals surface area contributed by atoms with E-state index in [-0.39, 0.29) is 32.7 Å². The minimum absolute atomic E-state index is 0.0383. The minimum Gasteiger partial charge on any atom is -0.469 e. The fourth-order valence-electron chi connectivity index (χ4n) is 5.63. The van der Waals surface area contributed by atoms with Gasteiger partial charge in [0.25, 0.3) is 0 Å². The first-order valence-electron chi connectivity index (χ1n) is 13.1. The molecule has 0 bridgehead atoms. The number of hydrogen-bond donors (Lipinski definition) is 0. The zero-order valence-electron chi connectivity index (χ0n) is 22.5. The number of halogens is 7. The average molecular weight is 655 g/mol. The molecule has 4 atom stereocenters. The van der Waals surface area contributed by atoms with E-state index in [1.165, 1.54) is 0 Å². The fourth-order valence-corrected chi connectivity index (χ4v) is 6.16. The van der Waals surface area contributed by atoms with Crippen LogP contribution in [0.25, 0.3) is 10.9 Å². The predicted octanol–water partition coefficient (Wildman–Crippen LogP) is 5.84. The van der Waals surface area contributed by atoms with Gasteiger partial charge in [-0.25, -0.2) is 18.0 Å². The van der Waals surface area contributed by atoms with Gasteiger partial charge in [-0.15, -0.1) is 0 Å². The highest BCUT2D eigenvalue weighted by Gasteiger charge is 2.49. The molecular weight excluding hydrogens is 626 g/mol. The number of rotatable bonds is 5. The molecule has 1 aromatic heterocycles. The number of fused-ring (bicyclic) bond motifs is 2. The molecule has 41 heavy (non-hydrogen) atoms. The van der Waals surface area contributed by atoms with Crippen LogP contribution < -0.4 is 9.47 Å². The van der Waals surface area contributed by atoms with Crippen molar-refractivity contribution in [1.29, 1.82) is 0 Å². The van der Waals surface area contributed by atoms with Crippen LogP contribution in [-0.2, 0) is 10.9 Å². The minimum atomic E-state index is -4.94. The third-order valence-corrected chi connectivity index (χ3v) is 8.24. The second-order valence-corrected chi connectivity index (χ2v) is 12.5. The van der Waals surface area contributed by atoms with Crippen molar-refractivity contribution in [3.8, 4) is 11.9 Å². The molecule has 3 fully saturated rings. The quantitative estimate of drug-likeness (QED) is 0.375. The maximum absolute atomic E-state index is 15.3. The van der Waals surface area contributed by atoms with Gasteiger partial charge in [-0.1, -0.05) is 0 Å². The molecule has 5 rings (SSSR count). The lowest BCUT2D eigenvalue weighted by molar-refractivity contribution is -0.138. The molecule has 3 saturated heterocycles. The Morgan fingerprint density at radius 2 is 1.90 bits per heavy atom. The number of carbonyl (C=O) groups is 1. The van der Waals surface area contributed by atoms with E-state index in [0.717, 1.165) is 11.3 Å². The van der Waals surface area contributed by atoms with Crippen LogP contribution in [0.3, 0.4) is 0 Å². The molecule has 0 radical (unpaired) electrons. The van der Waals surface area contributed by atoms with Gasteiger partial charge in [-0.2, -0.15) is 23.1 Å². The average Bonchev–Trinajstić information content (AvgIpc) is 3.50.